The summed E-state index contributed by atoms with van der Waals surface area (Å²) < 4.78 is 17.3. The molecule has 0 radical (unpaired) electrons. The Bertz CT molecular complexity index is 798. The van der Waals surface area contributed by atoms with E-state index in [1.165, 1.54) is 11.7 Å². The van der Waals surface area contributed by atoms with E-state index in [1.54, 1.807) is 6.92 Å². The van der Waals surface area contributed by atoms with E-state index in [0.717, 1.165) is 18.1 Å². The van der Waals surface area contributed by atoms with Crippen LogP contribution in [0, 0.1) is 10.8 Å². The highest BCUT2D eigenvalue weighted by atomic mass is 31.2. The Hall–Kier alpha value is -1.45. The Labute approximate surface area is 208 Å². The number of hydrogen-bond acceptors (Lipinski definition) is 5. The third kappa shape index (κ3) is 9.66. The molecule has 1 atom stereocenters. The van der Waals surface area contributed by atoms with Gasteiger partial charge in [-0.25, -0.2) is 0 Å². The maximum absolute atomic E-state index is 13.2. The van der Waals surface area contributed by atoms with Crippen molar-refractivity contribution in [2.24, 2.45) is 10.8 Å². The lowest BCUT2D eigenvalue weighted by Crippen LogP contribution is -2.43. The fourth-order valence-electron chi connectivity index (χ4n) is 2.85. The summed E-state index contributed by atoms with van der Waals surface area (Å²) in [5, 5.41) is 0. The first-order valence-corrected chi connectivity index (χ1v) is 15.5. The molecule has 0 fully saturated rings. The van der Waals surface area contributed by atoms with Crippen molar-refractivity contribution in [2.75, 3.05) is 32.7 Å². The van der Waals surface area contributed by atoms with Gasteiger partial charge in [0.05, 0.1) is 29.9 Å². The first-order valence-electron chi connectivity index (χ1n) is 12.5. The zero-order chi connectivity index (χ0) is 26.2. The number of ether oxygens (including phenoxy) is 3. The van der Waals surface area contributed by atoms with Gasteiger partial charge in [0, 0.05) is 20.6 Å². The molecular formula is C28H48O5P+. The van der Waals surface area contributed by atoms with Crippen LogP contribution in [-0.4, -0.2) is 50.2 Å². The summed E-state index contributed by atoms with van der Waals surface area (Å²) in [4.78, 5) is 25.7. The molecule has 0 amide bonds. The van der Waals surface area contributed by atoms with Crippen LogP contribution < -0.4 is 0 Å². The summed E-state index contributed by atoms with van der Waals surface area (Å²) in [5.74, 6) is -0.749. The van der Waals surface area contributed by atoms with Crippen LogP contribution in [0.4, 0.5) is 0 Å². The molecular weight excluding hydrogens is 447 g/mol. The molecule has 0 aliphatic heterocycles. The van der Waals surface area contributed by atoms with Crippen LogP contribution in [0.5, 0.6) is 0 Å². The number of hydrogen-bond donors (Lipinski definition) is 0. The van der Waals surface area contributed by atoms with Gasteiger partial charge in [-0.15, -0.1) is 0 Å². The molecule has 0 heterocycles. The van der Waals surface area contributed by atoms with Gasteiger partial charge >= 0.3 is 11.9 Å². The smallest absolute Gasteiger partial charge is 0.317 e. The van der Waals surface area contributed by atoms with Gasteiger partial charge in [0.25, 0.3) is 0 Å². The van der Waals surface area contributed by atoms with Crippen LogP contribution in [0.2, 0.25) is 0 Å². The minimum atomic E-state index is -1.10. The topological polar surface area (TPSA) is 61.8 Å². The minimum Gasteiger partial charge on any atom is -0.464 e. The highest BCUT2D eigenvalue weighted by molar-refractivity contribution is 7.73. The van der Waals surface area contributed by atoms with Crippen LogP contribution in [0.25, 0.3) is 0 Å². The Morgan fingerprint density at radius 2 is 1.35 bits per heavy atom. The van der Waals surface area contributed by atoms with Gasteiger partial charge in [-0.2, -0.15) is 0 Å². The molecule has 194 valence electrons. The molecule has 1 rings (SSSR count). The molecule has 1 aromatic rings. The van der Waals surface area contributed by atoms with Crippen molar-refractivity contribution in [3.63, 3.8) is 0 Å². The van der Waals surface area contributed by atoms with Gasteiger partial charge in [-0.05, 0) is 65.5 Å². The van der Waals surface area contributed by atoms with Gasteiger partial charge in [-0.3, -0.25) is 9.59 Å². The molecule has 34 heavy (non-hydrogen) atoms. The van der Waals surface area contributed by atoms with Crippen molar-refractivity contribution < 1.29 is 23.8 Å². The van der Waals surface area contributed by atoms with E-state index in [-0.39, 0.29) is 31.4 Å². The van der Waals surface area contributed by atoms with Crippen LogP contribution in [0.3, 0.4) is 0 Å². The third-order valence-corrected chi connectivity index (χ3v) is 9.88. The quantitative estimate of drug-likeness (QED) is 0.212. The highest BCUT2D eigenvalue weighted by Gasteiger charge is 2.40. The highest BCUT2D eigenvalue weighted by Crippen LogP contribution is 2.53. The fraction of sp³-hybridized carbons (Fsp3) is 0.714. The van der Waals surface area contributed by atoms with Gasteiger partial charge in [0.15, 0.2) is 0 Å². The lowest BCUT2D eigenvalue weighted by Gasteiger charge is -2.33. The Morgan fingerprint density at radius 1 is 0.794 bits per heavy atom. The van der Waals surface area contributed by atoms with Crippen LogP contribution in [-0.2, 0) is 36.6 Å². The predicted molar refractivity (Wildman–Crippen MR) is 143 cm³/mol. The predicted octanol–water partition coefficient (Wildman–Crippen LogP) is 6.72. The SMILES string of the molecule is CCC(C)(C)OCC(C)(COC(=O)C(C)(C)CC)C(=O)OCc1ccc(C[P+](C)(C)CC)cc1. The van der Waals surface area contributed by atoms with Crippen LogP contribution in [0.1, 0.15) is 79.4 Å². The molecule has 0 bridgehead atoms. The molecule has 0 aromatic heterocycles. The van der Waals surface area contributed by atoms with Crippen molar-refractivity contribution in [1.29, 1.82) is 0 Å². The number of carbonyl (C=O) groups is 2. The molecule has 5 nitrogen and oxygen atoms in total. The van der Waals surface area contributed by atoms with E-state index in [0.29, 0.717) is 6.42 Å². The van der Waals surface area contributed by atoms with E-state index < -0.39 is 24.1 Å². The first-order chi connectivity index (χ1) is 15.6. The van der Waals surface area contributed by atoms with E-state index in [9.17, 15) is 9.59 Å². The largest absolute Gasteiger partial charge is 0.464 e. The van der Waals surface area contributed by atoms with Gasteiger partial charge in [0.1, 0.15) is 18.6 Å². The lowest BCUT2D eigenvalue weighted by atomic mass is 9.89. The summed E-state index contributed by atoms with van der Waals surface area (Å²) in [5.41, 5.74) is 0.164. The van der Waals surface area contributed by atoms with Gasteiger partial charge in [0.2, 0.25) is 0 Å². The van der Waals surface area contributed by atoms with Crippen molar-refractivity contribution in [2.45, 2.75) is 86.6 Å². The first kappa shape index (κ1) is 30.6. The fourth-order valence-corrected chi connectivity index (χ4v) is 4.27. The molecule has 0 N–H and O–H groups in total. The van der Waals surface area contributed by atoms with E-state index in [4.69, 9.17) is 14.2 Å². The molecule has 0 saturated carbocycles. The zero-order valence-electron chi connectivity index (χ0n) is 23.2. The summed E-state index contributed by atoms with van der Waals surface area (Å²) in [6.45, 7) is 20.6. The summed E-state index contributed by atoms with van der Waals surface area (Å²) in [6, 6.07) is 8.30. The maximum Gasteiger partial charge on any atom is 0.317 e. The molecule has 1 aromatic carbocycles. The molecule has 0 aliphatic carbocycles. The zero-order valence-corrected chi connectivity index (χ0v) is 24.1. The average molecular weight is 496 g/mol. The normalized spacial score (nSPS) is 14.4. The molecule has 0 aliphatic rings. The second kappa shape index (κ2) is 12.5. The monoisotopic (exact) mass is 495 g/mol. The van der Waals surface area contributed by atoms with Crippen LogP contribution >= 0.6 is 7.26 Å². The van der Waals surface area contributed by atoms with Crippen molar-refractivity contribution >= 4 is 19.2 Å². The van der Waals surface area contributed by atoms with Crippen LogP contribution in [0.15, 0.2) is 24.3 Å². The summed E-state index contributed by atoms with van der Waals surface area (Å²) in [6.07, 6.45) is 3.79. The van der Waals surface area contributed by atoms with E-state index in [1.807, 2.05) is 53.7 Å². The van der Waals surface area contributed by atoms with Crippen molar-refractivity contribution in [3.8, 4) is 0 Å². The number of benzene rings is 1. The Kier molecular flexibility index (Phi) is 11.2. The summed E-state index contributed by atoms with van der Waals surface area (Å²) >= 11 is 0. The third-order valence-electron chi connectivity index (χ3n) is 6.94. The Balaban J connectivity index is 2.89. The lowest BCUT2D eigenvalue weighted by molar-refractivity contribution is -0.176. The molecule has 0 spiro atoms. The molecule has 6 heteroatoms. The second-order valence-corrected chi connectivity index (χ2v) is 16.4. The van der Waals surface area contributed by atoms with E-state index >= 15 is 0 Å². The Morgan fingerprint density at radius 3 is 1.85 bits per heavy atom. The number of carbonyl (C=O) groups excluding carboxylic acids is 2. The van der Waals surface area contributed by atoms with E-state index in [2.05, 4.69) is 32.4 Å². The standard InChI is InChI=1S/C28H48O5P/c1-11-26(4,5)24(29)32-20-28(8,21-33-27(6,7)12-2)25(30)31-18-22-14-16-23(17-15-22)19-34(9,10)13-3/h14-17H,11-13,18-21H2,1-10H3/q+1. The maximum atomic E-state index is 13.2. The van der Waals surface area contributed by atoms with Crippen molar-refractivity contribution in [3.05, 3.63) is 35.4 Å². The average Bonchev–Trinajstić information content (AvgIpc) is 2.80. The summed E-state index contributed by atoms with van der Waals surface area (Å²) in [7, 11) is -0.909. The van der Waals surface area contributed by atoms with Gasteiger partial charge in [-0.1, -0.05) is 38.1 Å². The minimum absolute atomic E-state index is 0.0807. The molecule has 1 unspecified atom stereocenters. The van der Waals surface area contributed by atoms with Gasteiger partial charge < -0.3 is 14.2 Å². The molecule has 0 saturated heterocycles. The number of rotatable bonds is 14. The van der Waals surface area contributed by atoms with Crippen molar-refractivity contribution in [1.82, 2.24) is 0 Å². The second-order valence-electron chi connectivity index (χ2n) is 11.6. The number of esters is 2.